The third-order valence-electron chi connectivity index (χ3n) is 3.25. The molecule has 0 fully saturated rings. The number of primary sulfonamides is 1. The zero-order valence-corrected chi connectivity index (χ0v) is 12.0. The molecule has 0 saturated carbocycles. The minimum atomic E-state index is -3.84. The van der Waals surface area contributed by atoms with E-state index in [1.165, 1.54) is 6.07 Å². The van der Waals surface area contributed by atoms with Gasteiger partial charge in [-0.3, -0.25) is 0 Å². The molecule has 1 unspecified atom stereocenters. The van der Waals surface area contributed by atoms with Crippen molar-refractivity contribution in [2.75, 3.05) is 17.7 Å². The molecule has 7 heteroatoms. The molecule has 0 amide bonds. The molecule has 1 rings (SSSR count). The predicted molar refractivity (Wildman–Crippen MR) is 76.2 cm³/mol. The quantitative estimate of drug-likeness (QED) is 0.579. The van der Waals surface area contributed by atoms with Crippen LogP contribution in [0.15, 0.2) is 23.1 Å². The SMILES string of the molecule is CCC(C)(CCO)Nc1cccc(S(N)(=O)=O)c1N. The van der Waals surface area contributed by atoms with E-state index in [4.69, 9.17) is 16.0 Å². The topological polar surface area (TPSA) is 118 Å². The molecule has 1 aromatic carbocycles. The fourth-order valence-corrected chi connectivity index (χ4v) is 2.49. The zero-order chi connectivity index (χ0) is 14.7. The average Bonchev–Trinajstić information content (AvgIpc) is 2.31. The molecular formula is C12H21N3O3S. The van der Waals surface area contributed by atoms with Crippen LogP contribution in [0.25, 0.3) is 0 Å². The van der Waals surface area contributed by atoms with Gasteiger partial charge in [0.15, 0.2) is 0 Å². The van der Waals surface area contributed by atoms with Crippen molar-refractivity contribution in [3.63, 3.8) is 0 Å². The van der Waals surface area contributed by atoms with Crippen LogP contribution < -0.4 is 16.2 Å². The molecule has 1 atom stereocenters. The Morgan fingerprint density at radius 3 is 2.53 bits per heavy atom. The summed E-state index contributed by atoms with van der Waals surface area (Å²) in [6, 6.07) is 4.63. The monoisotopic (exact) mass is 287 g/mol. The highest BCUT2D eigenvalue weighted by Crippen LogP contribution is 2.30. The largest absolute Gasteiger partial charge is 0.396 e. The molecule has 0 aliphatic rings. The molecular weight excluding hydrogens is 266 g/mol. The lowest BCUT2D eigenvalue weighted by Gasteiger charge is -2.31. The number of anilines is 2. The summed E-state index contributed by atoms with van der Waals surface area (Å²) in [7, 11) is -3.84. The number of hydrogen-bond acceptors (Lipinski definition) is 5. The molecule has 0 aliphatic heterocycles. The summed E-state index contributed by atoms with van der Waals surface area (Å²) in [5, 5.41) is 17.4. The van der Waals surface area contributed by atoms with Crippen LogP contribution in [-0.2, 0) is 10.0 Å². The summed E-state index contributed by atoms with van der Waals surface area (Å²) < 4.78 is 22.8. The standard InChI is InChI=1S/C12H21N3O3S/c1-3-12(2,7-8-16)15-9-5-4-6-10(11(9)13)19(14,17)18/h4-6,15-16H,3,7-8,13H2,1-2H3,(H2,14,17,18). The summed E-state index contributed by atoms with van der Waals surface area (Å²) in [5.41, 5.74) is 6.09. The molecule has 0 heterocycles. The van der Waals surface area contributed by atoms with Crippen molar-refractivity contribution in [3.8, 4) is 0 Å². The molecule has 0 saturated heterocycles. The molecule has 0 spiro atoms. The molecule has 6 nitrogen and oxygen atoms in total. The number of aliphatic hydroxyl groups excluding tert-OH is 1. The van der Waals surface area contributed by atoms with Crippen LogP contribution in [0.1, 0.15) is 26.7 Å². The molecule has 19 heavy (non-hydrogen) atoms. The smallest absolute Gasteiger partial charge is 0.240 e. The summed E-state index contributed by atoms with van der Waals surface area (Å²) in [4.78, 5) is -0.0973. The van der Waals surface area contributed by atoms with Gasteiger partial charge < -0.3 is 16.2 Å². The van der Waals surface area contributed by atoms with Crippen LogP contribution in [-0.4, -0.2) is 25.7 Å². The Balaban J connectivity index is 3.16. The summed E-state index contributed by atoms with van der Waals surface area (Å²) >= 11 is 0. The van der Waals surface area contributed by atoms with Crippen molar-refractivity contribution in [2.45, 2.75) is 37.1 Å². The second-order valence-electron chi connectivity index (χ2n) is 4.78. The Kier molecular flexibility index (Phi) is 4.78. The molecule has 0 bridgehead atoms. The lowest BCUT2D eigenvalue weighted by Crippen LogP contribution is -2.35. The van der Waals surface area contributed by atoms with Crippen LogP contribution in [0.5, 0.6) is 0 Å². The number of nitrogen functional groups attached to an aromatic ring is 1. The lowest BCUT2D eigenvalue weighted by molar-refractivity contribution is 0.252. The molecule has 0 aromatic heterocycles. The van der Waals surface area contributed by atoms with Crippen molar-refractivity contribution in [1.29, 1.82) is 0 Å². The predicted octanol–water partition coefficient (Wildman–Crippen LogP) is 0.879. The minimum Gasteiger partial charge on any atom is -0.396 e. The van der Waals surface area contributed by atoms with E-state index < -0.39 is 10.0 Å². The van der Waals surface area contributed by atoms with Gasteiger partial charge >= 0.3 is 0 Å². The van der Waals surface area contributed by atoms with Crippen molar-refractivity contribution < 1.29 is 13.5 Å². The van der Waals surface area contributed by atoms with Gasteiger partial charge in [0.1, 0.15) is 4.90 Å². The maximum Gasteiger partial charge on any atom is 0.240 e. The Hall–Kier alpha value is -1.31. The highest BCUT2D eigenvalue weighted by Gasteiger charge is 2.23. The second kappa shape index (κ2) is 5.77. The second-order valence-corrected chi connectivity index (χ2v) is 6.31. The maximum absolute atomic E-state index is 11.4. The Labute approximate surface area is 113 Å². The number of aliphatic hydroxyl groups is 1. The first-order chi connectivity index (χ1) is 8.73. The van der Waals surface area contributed by atoms with E-state index in [1.807, 2.05) is 13.8 Å². The van der Waals surface area contributed by atoms with E-state index in [1.54, 1.807) is 12.1 Å². The van der Waals surface area contributed by atoms with Crippen LogP contribution >= 0.6 is 0 Å². The van der Waals surface area contributed by atoms with E-state index >= 15 is 0 Å². The van der Waals surface area contributed by atoms with Crippen molar-refractivity contribution in [1.82, 2.24) is 0 Å². The van der Waals surface area contributed by atoms with Crippen LogP contribution in [0.4, 0.5) is 11.4 Å². The zero-order valence-electron chi connectivity index (χ0n) is 11.2. The number of rotatable bonds is 6. The van der Waals surface area contributed by atoms with E-state index in [-0.39, 0.29) is 22.7 Å². The van der Waals surface area contributed by atoms with Crippen molar-refractivity contribution in [2.24, 2.45) is 5.14 Å². The number of nitrogens with two attached hydrogens (primary N) is 2. The average molecular weight is 287 g/mol. The summed E-state index contributed by atoms with van der Waals surface area (Å²) in [6.07, 6.45) is 1.29. The normalized spacial score (nSPS) is 14.9. The fourth-order valence-electron chi connectivity index (χ4n) is 1.80. The van der Waals surface area contributed by atoms with Gasteiger partial charge in [-0.2, -0.15) is 0 Å². The summed E-state index contributed by atoms with van der Waals surface area (Å²) in [6.45, 7) is 3.95. The third-order valence-corrected chi connectivity index (χ3v) is 4.22. The highest BCUT2D eigenvalue weighted by molar-refractivity contribution is 7.89. The van der Waals surface area contributed by atoms with Crippen LogP contribution in [0.3, 0.4) is 0 Å². The minimum absolute atomic E-state index is 0.0339. The molecule has 1 aromatic rings. The van der Waals surface area contributed by atoms with Gasteiger partial charge in [0, 0.05) is 12.1 Å². The van der Waals surface area contributed by atoms with Crippen molar-refractivity contribution in [3.05, 3.63) is 18.2 Å². The first-order valence-corrected chi connectivity index (χ1v) is 7.58. The molecule has 0 aliphatic carbocycles. The third kappa shape index (κ3) is 3.82. The number of para-hydroxylation sites is 1. The molecule has 108 valence electrons. The van der Waals surface area contributed by atoms with Gasteiger partial charge in [-0.1, -0.05) is 13.0 Å². The van der Waals surface area contributed by atoms with Crippen LogP contribution in [0.2, 0.25) is 0 Å². The Bertz CT molecular complexity index is 545. The van der Waals surface area contributed by atoms with E-state index in [9.17, 15) is 8.42 Å². The number of sulfonamides is 1. The van der Waals surface area contributed by atoms with Gasteiger partial charge in [-0.15, -0.1) is 0 Å². The molecule has 0 radical (unpaired) electrons. The highest BCUT2D eigenvalue weighted by atomic mass is 32.2. The Morgan fingerprint density at radius 1 is 1.42 bits per heavy atom. The van der Waals surface area contributed by atoms with Gasteiger partial charge in [0.2, 0.25) is 10.0 Å². The number of benzene rings is 1. The first-order valence-electron chi connectivity index (χ1n) is 6.04. The van der Waals surface area contributed by atoms with Gasteiger partial charge in [-0.05, 0) is 31.9 Å². The maximum atomic E-state index is 11.4. The number of hydrogen-bond donors (Lipinski definition) is 4. The van der Waals surface area contributed by atoms with Crippen molar-refractivity contribution >= 4 is 21.4 Å². The van der Waals surface area contributed by atoms with E-state index in [2.05, 4.69) is 5.32 Å². The first kappa shape index (κ1) is 15.7. The Morgan fingerprint density at radius 2 is 2.05 bits per heavy atom. The van der Waals surface area contributed by atoms with Gasteiger partial charge in [0.25, 0.3) is 0 Å². The number of nitrogens with one attached hydrogen (secondary N) is 1. The lowest BCUT2D eigenvalue weighted by atomic mass is 9.94. The van der Waals surface area contributed by atoms with E-state index in [0.29, 0.717) is 12.1 Å². The molecule has 6 N–H and O–H groups in total. The van der Waals surface area contributed by atoms with E-state index in [0.717, 1.165) is 6.42 Å². The van der Waals surface area contributed by atoms with Gasteiger partial charge in [-0.25, -0.2) is 13.6 Å². The van der Waals surface area contributed by atoms with Crippen LogP contribution in [0, 0.1) is 0 Å². The summed E-state index contributed by atoms with van der Waals surface area (Å²) in [5.74, 6) is 0. The van der Waals surface area contributed by atoms with Gasteiger partial charge in [0.05, 0.1) is 11.4 Å². The fraction of sp³-hybridized carbons (Fsp3) is 0.500.